The molecule has 2 aromatic rings. The standard InChI is InChI=1S/C20H23NO5/c1-20(2,19(23)24)21(3)18(22)14-26-17-12-8-7-11-16(17)25-13-15-9-5-4-6-10-15/h4-12H,13-14H2,1-3H3,(H,23,24). The molecule has 0 aliphatic carbocycles. The Morgan fingerprint density at radius 2 is 1.50 bits per heavy atom. The van der Waals surface area contributed by atoms with Crippen LogP contribution in [0.3, 0.4) is 0 Å². The zero-order valence-corrected chi connectivity index (χ0v) is 15.1. The Morgan fingerprint density at radius 1 is 0.962 bits per heavy atom. The van der Waals surface area contributed by atoms with Crippen molar-refractivity contribution in [2.75, 3.05) is 13.7 Å². The lowest BCUT2D eigenvalue weighted by molar-refractivity contribution is -0.156. The molecular formula is C20H23NO5. The van der Waals surface area contributed by atoms with Gasteiger partial charge < -0.3 is 19.5 Å². The summed E-state index contributed by atoms with van der Waals surface area (Å²) in [6.07, 6.45) is 0. The maximum absolute atomic E-state index is 12.3. The number of benzene rings is 2. The molecule has 0 aromatic heterocycles. The minimum atomic E-state index is -1.32. The summed E-state index contributed by atoms with van der Waals surface area (Å²) in [5, 5.41) is 9.21. The predicted molar refractivity (Wildman–Crippen MR) is 97.2 cm³/mol. The topological polar surface area (TPSA) is 76.1 Å². The predicted octanol–water partition coefficient (Wildman–Crippen LogP) is 2.97. The Labute approximate surface area is 153 Å². The van der Waals surface area contributed by atoms with Gasteiger partial charge in [0.25, 0.3) is 5.91 Å². The van der Waals surface area contributed by atoms with Crippen LogP contribution < -0.4 is 9.47 Å². The lowest BCUT2D eigenvalue weighted by Crippen LogP contribution is -2.52. The highest BCUT2D eigenvalue weighted by atomic mass is 16.5. The fraction of sp³-hybridized carbons (Fsp3) is 0.300. The summed E-state index contributed by atoms with van der Waals surface area (Å²) in [5.74, 6) is -0.571. The molecule has 0 radical (unpaired) electrons. The van der Waals surface area contributed by atoms with E-state index >= 15 is 0 Å². The molecule has 0 aliphatic rings. The largest absolute Gasteiger partial charge is 0.485 e. The summed E-state index contributed by atoms with van der Waals surface area (Å²) in [7, 11) is 1.44. The van der Waals surface area contributed by atoms with Gasteiger partial charge in [-0.05, 0) is 31.5 Å². The van der Waals surface area contributed by atoms with Crippen LogP contribution in [0.25, 0.3) is 0 Å². The zero-order chi connectivity index (χ0) is 19.2. The number of likely N-dealkylation sites (N-methyl/N-ethyl adjacent to an activating group) is 1. The highest BCUT2D eigenvalue weighted by Gasteiger charge is 2.35. The molecule has 2 aromatic carbocycles. The molecule has 2 rings (SSSR count). The van der Waals surface area contributed by atoms with Crippen LogP contribution in [0.5, 0.6) is 11.5 Å². The summed E-state index contributed by atoms with van der Waals surface area (Å²) >= 11 is 0. The van der Waals surface area contributed by atoms with Gasteiger partial charge in [-0.3, -0.25) is 4.79 Å². The number of aliphatic carboxylic acids is 1. The van der Waals surface area contributed by atoms with Gasteiger partial charge in [-0.25, -0.2) is 4.79 Å². The quantitative estimate of drug-likeness (QED) is 0.786. The highest BCUT2D eigenvalue weighted by Crippen LogP contribution is 2.27. The molecule has 6 heteroatoms. The first kappa shape index (κ1) is 19.3. The van der Waals surface area contributed by atoms with Crippen LogP contribution in [0.2, 0.25) is 0 Å². The zero-order valence-electron chi connectivity index (χ0n) is 15.1. The van der Waals surface area contributed by atoms with Gasteiger partial charge in [0.05, 0.1) is 0 Å². The molecule has 0 unspecified atom stereocenters. The molecule has 0 spiro atoms. The van der Waals surface area contributed by atoms with E-state index in [1.54, 1.807) is 18.2 Å². The fourth-order valence-electron chi connectivity index (χ4n) is 2.12. The molecule has 0 atom stereocenters. The average Bonchev–Trinajstić information content (AvgIpc) is 2.65. The summed E-state index contributed by atoms with van der Waals surface area (Å²) in [6.45, 7) is 3.02. The SMILES string of the molecule is CN(C(=O)COc1ccccc1OCc1ccccc1)C(C)(C)C(=O)O. The maximum Gasteiger partial charge on any atom is 0.329 e. The first-order valence-corrected chi connectivity index (χ1v) is 8.21. The Balaban J connectivity index is 1.99. The van der Waals surface area contributed by atoms with Crippen molar-refractivity contribution in [2.24, 2.45) is 0 Å². The Kier molecular flexibility index (Phi) is 6.22. The molecular weight excluding hydrogens is 334 g/mol. The molecule has 1 N–H and O–H groups in total. The number of hydrogen-bond donors (Lipinski definition) is 1. The van der Waals surface area contributed by atoms with Gasteiger partial charge in [0, 0.05) is 7.05 Å². The molecule has 6 nitrogen and oxygen atoms in total. The molecule has 1 amide bonds. The van der Waals surface area contributed by atoms with E-state index in [1.165, 1.54) is 20.9 Å². The van der Waals surface area contributed by atoms with Gasteiger partial charge >= 0.3 is 5.97 Å². The minimum absolute atomic E-state index is 0.279. The van der Waals surface area contributed by atoms with Gasteiger partial charge in [-0.15, -0.1) is 0 Å². The Hall–Kier alpha value is -3.02. The lowest BCUT2D eigenvalue weighted by atomic mass is 10.0. The van der Waals surface area contributed by atoms with Gasteiger partial charge in [-0.1, -0.05) is 42.5 Å². The third-order valence-electron chi connectivity index (χ3n) is 4.17. The molecule has 0 bridgehead atoms. The van der Waals surface area contributed by atoms with E-state index in [-0.39, 0.29) is 6.61 Å². The van der Waals surface area contributed by atoms with Crippen LogP contribution in [0.4, 0.5) is 0 Å². The van der Waals surface area contributed by atoms with Crippen molar-refractivity contribution >= 4 is 11.9 Å². The number of rotatable bonds is 8. The van der Waals surface area contributed by atoms with E-state index in [0.29, 0.717) is 18.1 Å². The van der Waals surface area contributed by atoms with Crippen LogP contribution in [-0.2, 0) is 16.2 Å². The average molecular weight is 357 g/mol. The number of carboxylic acids is 1. The number of hydrogen-bond acceptors (Lipinski definition) is 4. The Bertz CT molecular complexity index is 758. The van der Waals surface area contributed by atoms with Crippen molar-refractivity contribution < 1.29 is 24.2 Å². The first-order chi connectivity index (χ1) is 12.3. The van der Waals surface area contributed by atoms with Crippen LogP contribution >= 0.6 is 0 Å². The molecule has 26 heavy (non-hydrogen) atoms. The van der Waals surface area contributed by atoms with Crippen molar-refractivity contribution in [1.82, 2.24) is 4.90 Å². The van der Waals surface area contributed by atoms with Crippen molar-refractivity contribution in [2.45, 2.75) is 26.0 Å². The number of carbonyl (C=O) groups is 2. The van der Waals surface area contributed by atoms with E-state index in [2.05, 4.69) is 0 Å². The molecule has 0 fully saturated rings. The van der Waals surface area contributed by atoms with Crippen molar-refractivity contribution in [1.29, 1.82) is 0 Å². The van der Waals surface area contributed by atoms with Crippen LogP contribution in [0.1, 0.15) is 19.4 Å². The number of nitrogens with zero attached hydrogens (tertiary/aromatic N) is 1. The van der Waals surface area contributed by atoms with Crippen molar-refractivity contribution in [3.8, 4) is 11.5 Å². The Morgan fingerprint density at radius 3 is 2.08 bits per heavy atom. The van der Waals surface area contributed by atoms with E-state index in [9.17, 15) is 14.7 Å². The normalized spacial score (nSPS) is 10.9. The van der Waals surface area contributed by atoms with Crippen molar-refractivity contribution in [3.63, 3.8) is 0 Å². The fourth-order valence-corrected chi connectivity index (χ4v) is 2.12. The summed E-state index contributed by atoms with van der Waals surface area (Å²) < 4.78 is 11.4. The van der Waals surface area contributed by atoms with E-state index in [1.807, 2.05) is 36.4 Å². The number of carboxylic acid groups (broad SMARTS) is 1. The number of ether oxygens (including phenoxy) is 2. The smallest absolute Gasteiger partial charge is 0.329 e. The van der Waals surface area contributed by atoms with Crippen LogP contribution in [0.15, 0.2) is 54.6 Å². The maximum atomic E-state index is 12.3. The number of para-hydroxylation sites is 2. The minimum Gasteiger partial charge on any atom is -0.485 e. The van der Waals surface area contributed by atoms with Gasteiger partial charge in [0.2, 0.25) is 0 Å². The molecule has 0 saturated heterocycles. The highest BCUT2D eigenvalue weighted by molar-refractivity contribution is 5.86. The molecule has 138 valence electrons. The van der Waals surface area contributed by atoms with E-state index < -0.39 is 17.4 Å². The monoisotopic (exact) mass is 357 g/mol. The van der Waals surface area contributed by atoms with E-state index in [4.69, 9.17) is 9.47 Å². The van der Waals surface area contributed by atoms with Gasteiger partial charge in [0.15, 0.2) is 18.1 Å². The third-order valence-corrected chi connectivity index (χ3v) is 4.17. The van der Waals surface area contributed by atoms with Gasteiger partial charge in [-0.2, -0.15) is 0 Å². The van der Waals surface area contributed by atoms with E-state index in [0.717, 1.165) is 10.5 Å². The summed E-state index contributed by atoms with van der Waals surface area (Å²) in [5.41, 5.74) is -0.301. The molecule has 0 heterocycles. The number of carbonyl (C=O) groups excluding carboxylic acids is 1. The molecule has 0 saturated carbocycles. The summed E-state index contributed by atoms with van der Waals surface area (Å²) in [4.78, 5) is 24.7. The number of amides is 1. The second-order valence-corrected chi connectivity index (χ2v) is 6.33. The molecule has 0 aliphatic heterocycles. The second-order valence-electron chi connectivity index (χ2n) is 6.33. The van der Waals surface area contributed by atoms with Gasteiger partial charge in [0.1, 0.15) is 12.1 Å². The van der Waals surface area contributed by atoms with Crippen LogP contribution in [0, 0.1) is 0 Å². The lowest BCUT2D eigenvalue weighted by Gasteiger charge is -2.31. The van der Waals surface area contributed by atoms with Crippen LogP contribution in [-0.4, -0.2) is 41.1 Å². The summed E-state index contributed by atoms with van der Waals surface area (Å²) in [6, 6.07) is 16.8. The third kappa shape index (κ3) is 4.75. The second kappa shape index (κ2) is 8.38. The van der Waals surface area contributed by atoms with Crippen molar-refractivity contribution in [3.05, 3.63) is 60.2 Å². The first-order valence-electron chi connectivity index (χ1n) is 8.21.